The molecule has 3 nitrogen and oxygen atoms in total. The summed E-state index contributed by atoms with van der Waals surface area (Å²) in [4.78, 5) is 0. The normalized spacial score (nSPS) is 10.3. The quantitative estimate of drug-likeness (QED) is 0.825. The lowest BCUT2D eigenvalue weighted by Gasteiger charge is -2.06. The van der Waals surface area contributed by atoms with E-state index in [0.717, 1.165) is 24.3 Å². The molecule has 0 aliphatic carbocycles. The number of halogens is 1. The van der Waals surface area contributed by atoms with Crippen molar-refractivity contribution in [3.8, 4) is 5.75 Å². The Kier molecular flexibility index (Phi) is 4.53. The molecule has 0 aliphatic heterocycles. The van der Waals surface area contributed by atoms with Crippen LogP contribution in [0.3, 0.4) is 0 Å². The van der Waals surface area contributed by atoms with Gasteiger partial charge >= 0.3 is 0 Å². The molecule has 0 aliphatic rings. The maximum absolute atomic E-state index is 5.66. The molecule has 0 fully saturated rings. The number of hydrogen-bond donors (Lipinski definition) is 0. The van der Waals surface area contributed by atoms with E-state index in [-0.39, 0.29) is 0 Å². The lowest BCUT2D eigenvalue weighted by atomic mass is 10.1. The highest BCUT2D eigenvalue weighted by Gasteiger charge is 1.99. The van der Waals surface area contributed by atoms with Crippen molar-refractivity contribution in [3.05, 3.63) is 52.8 Å². The highest BCUT2D eigenvalue weighted by molar-refractivity contribution is 6.29. The maximum Gasteiger partial charge on any atom is 0.151 e. The van der Waals surface area contributed by atoms with Gasteiger partial charge in [0.25, 0.3) is 0 Å². The predicted octanol–water partition coefficient (Wildman–Crippen LogP) is 3.66. The molecule has 0 radical (unpaired) electrons. The van der Waals surface area contributed by atoms with Crippen LogP contribution in [0.15, 0.2) is 36.4 Å². The second-order valence-electron chi connectivity index (χ2n) is 4.03. The fraction of sp³-hybridized carbons (Fsp3) is 0.286. The van der Waals surface area contributed by atoms with Crippen molar-refractivity contribution in [1.82, 2.24) is 10.2 Å². The molecule has 4 heteroatoms. The van der Waals surface area contributed by atoms with Gasteiger partial charge in [0.15, 0.2) is 5.15 Å². The highest BCUT2D eigenvalue weighted by atomic mass is 35.5. The second-order valence-corrected chi connectivity index (χ2v) is 4.42. The first kappa shape index (κ1) is 12.8. The summed E-state index contributed by atoms with van der Waals surface area (Å²) in [5.41, 5.74) is 2.09. The van der Waals surface area contributed by atoms with Crippen molar-refractivity contribution in [2.24, 2.45) is 0 Å². The van der Waals surface area contributed by atoms with Gasteiger partial charge in [0.2, 0.25) is 0 Å². The summed E-state index contributed by atoms with van der Waals surface area (Å²) in [5.74, 6) is 0.839. The van der Waals surface area contributed by atoms with Crippen LogP contribution in [0.2, 0.25) is 5.15 Å². The Morgan fingerprint density at radius 3 is 2.44 bits per heavy atom. The molecule has 0 spiro atoms. The molecule has 94 valence electrons. The smallest absolute Gasteiger partial charge is 0.151 e. The fourth-order valence-corrected chi connectivity index (χ4v) is 1.72. The molecular formula is C14H15ClN2O. The molecule has 0 amide bonds. The minimum Gasteiger partial charge on any atom is -0.487 e. The van der Waals surface area contributed by atoms with Crippen molar-refractivity contribution in [2.45, 2.75) is 26.4 Å². The van der Waals surface area contributed by atoms with Gasteiger partial charge < -0.3 is 4.74 Å². The van der Waals surface area contributed by atoms with Crippen LogP contribution >= 0.6 is 11.6 Å². The zero-order chi connectivity index (χ0) is 12.8. The molecule has 0 saturated carbocycles. The van der Waals surface area contributed by atoms with Gasteiger partial charge in [-0.1, -0.05) is 37.1 Å². The van der Waals surface area contributed by atoms with Gasteiger partial charge in [0.1, 0.15) is 18.1 Å². The van der Waals surface area contributed by atoms with E-state index in [2.05, 4.69) is 29.3 Å². The Morgan fingerprint density at radius 1 is 1.06 bits per heavy atom. The summed E-state index contributed by atoms with van der Waals surface area (Å²) >= 11 is 5.66. The van der Waals surface area contributed by atoms with E-state index in [1.54, 1.807) is 12.1 Å². The first-order valence-corrected chi connectivity index (χ1v) is 6.35. The Hall–Kier alpha value is -1.61. The van der Waals surface area contributed by atoms with Gasteiger partial charge in [-0.3, -0.25) is 0 Å². The van der Waals surface area contributed by atoms with Crippen LogP contribution in [-0.4, -0.2) is 10.2 Å². The Balaban J connectivity index is 1.91. The molecule has 2 aromatic rings. The number of nitrogens with zero attached hydrogens (tertiary/aromatic N) is 2. The number of ether oxygens (including phenoxy) is 1. The van der Waals surface area contributed by atoms with E-state index in [1.807, 2.05) is 12.1 Å². The predicted molar refractivity (Wildman–Crippen MR) is 71.8 cm³/mol. The average Bonchev–Trinajstić information content (AvgIpc) is 2.40. The van der Waals surface area contributed by atoms with E-state index in [0.29, 0.717) is 11.8 Å². The monoisotopic (exact) mass is 262 g/mol. The molecule has 0 atom stereocenters. The lowest BCUT2D eigenvalue weighted by molar-refractivity contribution is 0.300. The molecule has 0 bridgehead atoms. The zero-order valence-corrected chi connectivity index (χ0v) is 11.0. The molecule has 1 heterocycles. The van der Waals surface area contributed by atoms with Gasteiger partial charge in [0.05, 0.1) is 0 Å². The van der Waals surface area contributed by atoms with Gasteiger partial charge in [-0.2, -0.15) is 5.10 Å². The van der Waals surface area contributed by atoms with E-state index >= 15 is 0 Å². The minimum atomic E-state index is 0.391. The highest BCUT2D eigenvalue weighted by Crippen LogP contribution is 2.14. The molecule has 0 unspecified atom stereocenters. The van der Waals surface area contributed by atoms with Crippen LogP contribution in [-0.2, 0) is 13.0 Å². The molecule has 1 aromatic heterocycles. The van der Waals surface area contributed by atoms with Crippen LogP contribution < -0.4 is 4.74 Å². The van der Waals surface area contributed by atoms with E-state index in [9.17, 15) is 0 Å². The Morgan fingerprint density at radius 2 is 1.83 bits per heavy atom. The van der Waals surface area contributed by atoms with Gasteiger partial charge in [-0.05, 0) is 36.2 Å². The standard InChI is InChI=1S/C14H15ClN2O/c1-2-3-11-4-7-13(8-5-11)18-10-12-6-9-14(15)17-16-12/h4-9H,2-3,10H2,1H3. The molecule has 0 saturated heterocycles. The number of rotatable bonds is 5. The van der Waals surface area contributed by atoms with Crippen LogP contribution in [0.25, 0.3) is 0 Å². The van der Waals surface area contributed by atoms with Crippen molar-refractivity contribution in [2.75, 3.05) is 0 Å². The van der Waals surface area contributed by atoms with Crippen LogP contribution in [0, 0.1) is 0 Å². The number of aromatic nitrogens is 2. The van der Waals surface area contributed by atoms with E-state index in [1.165, 1.54) is 5.56 Å². The van der Waals surface area contributed by atoms with Gasteiger partial charge in [-0.25, -0.2) is 0 Å². The Bertz CT molecular complexity index is 482. The lowest BCUT2D eigenvalue weighted by Crippen LogP contribution is -1.99. The van der Waals surface area contributed by atoms with Crippen LogP contribution in [0.4, 0.5) is 0 Å². The van der Waals surface area contributed by atoms with Crippen molar-refractivity contribution >= 4 is 11.6 Å². The fourth-order valence-electron chi connectivity index (χ4n) is 1.62. The first-order chi connectivity index (χ1) is 8.78. The van der Waals surface area contributed by atoms with Crippen molar-refractivity contribution in [3.63, 3.8) is 0 Å². The number of aryl methyl sites for hydroxylation is 1. The van der Waals surface area contributed by atoms with Crippen molar-refractivity contribution < 1.29 is 4.74 Å². The molecule has 2 rings (SSSR count). The van der Waals surface area contributed by atoms with Crippen LogP contribution in [0.5, 0.6) is 5.75 Å². The zero-order valence-electron chi connectivity index (χ0n) is 10.3. The average molecular weight is 263 g/mol. The van der Waals surface area contributed by atoms with E-state index in [4.69, 9.17) is 16.3 Å². The third-order valence-electron chi connectivity index (χ3n) is 2.54. The molecule has 0 N–H and O–H groups in total. The number of hydrogen-bond acceptors (Lipinski definition) is 3. The summed E-state index contributed by atoms with van der Waals surface area (Å²) in [6.45, 7) is 2.57. The van der Waals surface area contributed by atoms with Crippen LogP contribution in [0.1, 0.15) is 24.6 Å². The minimum absolute atomic E-state index is 0.391. The summed E-state index contributed by atoms with van der Waals surface area (Å²) in [7, 11) is 0. The topological polar surface area (TPSA) is 35.0 Å². The summed E-state index contributed by atoms with van der Waals surface area (Å²) in [5, 5.41) is 8.09. The summed E-state index contributed by atoms with van der Waals surface area (Å²) < 4.78 is 5.62. The largest absolute Gasteiger partial charge is 0.487 e. The molecule has 18 heavy (non-hydrogen) atoms. The number of benzene rings is 1. The van der Waals surface area contributed by atoms with Gasteiger partial charge in [0, 0.05) is 0 Å². The SMILES string of the molecule is CCCc1ccc(OCc2ccc(Cl)nn2)cc1. The van der Waals surface area contributed by atoms with Crippen molar-refractivity contribution in [1.29, 1.82) is 0 Å². The third-order valence-corrected chi connectivity index (χ3v) is 2.74. The maximum atomic E-state index is 5.66. The van der Waals surface area contributed by atoms with Gasteiger partial charge in [-0.15, -0.1) is 5.10 Å². The molecule has 1 aromatic carbocycles. The van der Waals surface area contributed by atoms with E-state index < -0.39 is 0 Å². The third kappa shape index (κ3) is 3.70. The molecular weight excluding hydrogens is 248 g/mol. The Labute approximate surface area is 112 Å². The summed E-state index contributed by atoms with van der Waals surface area (Å²) in [6.07, 6.45) is 2.25. The summed E-state index contributed by atoms with van der Waals surface area (Å²) in [6, 6.07) is 11.7. The second kappa shape index (κ2) is 6.36. The first-order valence-electron chi connectivity index (χ1n) is 5.98.